The molecule has 0 fully saturated rings. The third kappa shape index (κ3) is 4.81. The van der Waals surface area contributed by atoms with Crippen LogP contribution in [0.5, 0.6) is 0 Å². The van der Waals surface area contributed by atoms with E-state index in [0.29, 0.717) is 0 Å². The Morgan fingerprint density at radius 3 is 1.17 bits per heavy atom. The van der Waals surface area contributed by atoms with E-state index in [-0.39, 0.29) is 0 Å². The van der Waals surface area contributed by atoms with Gasteiger partial charge in [-0.05, 0) is 96.8 Å². The van der Waals surface area contributed by atoms with E-state index in [0.717, 1.165) is 22.7 Å². The molecule has 0 aromatic heterocycles. The Bertz CT molecular complexity index is 2000. The van der Waals surface area contributed by atoms with Crippen molar-refractivity contribution >= 4 is 34.1 Å². The first-order chi connectivity index (χ1) is 23.1. The summed E-state index contributed by atoms with van der Waals surface area (Å²) in [5.41, 5.74) is 13.9. The lowest BCUT2D eigenvalue weighted by atomic mass is 9.62. The van der Waals surface area contributed by atoms with Crippen molar-refractivity contribution in [1.29, 1.82) is 0 Å². The Morgan fingerprint density at radius 1 is 0.383 bits per heavy atom. The maximum atomic E-state index is 2.43. The SMILES string of the molecule is Cc1ccc(N(c2ccc(C)cc2)c2ccc(N3c4ccccc4C(c4ccccc4)(c4ccccc4)c4ccccc43)cc2)cc1. The van der Waals surface area contributed by atoms with Crippen LogP contribution in [0, 0.1) is 13.8 Å². The lowest BCUT2D eigenvalue weighted by molar-refractivity contribution is 0.731. The molecule has 7 aromatic rings. The summed E-state index contributed by atoms with van der Waals surface area (Å²) in [6, 6.07) is 66.3. The molecule has 1 aliphatic heterocycles. The molecule has 0 amide bonds. The van der Waals surface area contributed by atoms with Gasteiger partial charge in [-0.25, -0.2) is 0 Å². The van der Waals surface area contributed by atoms with Gasteiger partial charge < -0.3 is 9.80 Å². The van der Waals surface area contributed by atoms with Crippen LogP contribution in [0.3, 0.4) is 0 Å². The predicted molar refractivity (Wildman–Crippen MR) is 197 cm³/mol. The fraction of sp³-hybridized carbons (Fsp3) is 0.0667. The highest BCUT2D eigenvalue weighted by Crippen LogP contribution is 2.57. The molecule has 2 heteroatoms. The molecule has 7 aromatic carbocycles. The third-order valence-electron chi connectivity index (χ3n) is 9.46. The van der Waals surface area contributed by atoms with E-state index < -0.39 is 5.41 Å². The van der Waals surface area contributed by atoms with Crippen LogP contribution in [-0.2, 0) is 5.41 Å². The molecule has 2 nitrogen and oxygen atoms in total. The summed E-state index contributed by atoms with van der Waals surface area (Å²) in [5.74, 6) is 0. The number of anilines is 6. The average Bonchev–Trinajstić information content (AvgIpc) is 3.13. The van der Waals surface area contributed by atoms with Crippen LogP contribution >= 0.6 is 0 Å². The van der Waals surface area contributed by atoms with Crippen molar-refractivity contribution < 1.29 is 0 Å². The first-order valence-corrected chi connectivity index (χ1v) is 16.3. The van der Waals surface area contributed by atoms with Crippen molar-refractivity contribution in [2.45, 2.75) is 19.3 Å². The highest BCUT2D eigenvalue weighted by molar-refractivity contribution is 5.90. The highest BCUT2D eigenvalue weighted by Gasteiger charge is 2.46. The number of para-hydroxylation sites is 2. The van der Waals surface area contributed by atoms with Crippen LogP contribution in [0.2, 0.25) is 0 Å². The Labute approximate surface area is 277 Å². The van der Waals surface area contributed by atoms with Crippen molar-refractivity contribution in [2.24, 2.45) is 0 Å². The fourth-order valence-corrected chi connectivity index (χ4v) is 7.28. The molecule has 0 spiro atoms. The summed E-state index contributed by atoms with van der Waals surface area (Å²) >= 11 is 0. The van der Waals surface area contributed by atoms with Gasteiger partial charge in [-0.3, -0.25) is 0 Å². The first kappa shape index (κ1) is 28.6. The minimum Gasteiger partial charge on any atom is -0.311 e. The zero-order chi connectivity index (χ0) is 31.8. The third-order valence-corrected chi connectivity index (χ3v) is 9.46. The monoisotopic (exact) mass is 604 g/mol. The summed E-state index contributed by atoms with van der Waals surface area (Å²) in [6.07, 6.45) is 0. The molecule has 0 unspecified atom stereocenters. The molecule has 1 heterocycles. The molecule has 0 aliphatic carbocycles. The van der Waals surface area contributed by atoms with Gasteiger partial charge >= 0.3 is 0 Å². The van der Waals surface area contributed by atoms with Crippen molar-refractivity contribution in [3.05, 3.63) is 215 Å². The summed E-state index contributed by atoms with van der Waals surface area (Å²) in [7, 11) is 0. The van der Waals surface area contributed by atoms with Crippen LogP contribution in [0.4, 0.5) is 34.1 Å². The van der Waals surface area contributed by atoms with Gasteiger partial charge in [-0.2, -0.15) is 0 Å². The Hall–Kier alpha value is -5.86. The highest BCUT2D eigenvalue weighted by atomic mass is 15.2. The molecule has 0 N–H and O–H groups in total. The molecule has 0 saturated carbocycles. The number of benzene rings is 7. The quantitative estimate of drug-likeness (QED) is 0.186. The van der Waals surface area contributed by atoms with E-state index in [4.69, 9.17) is 0 Å². The van der Waals surface area contributed by atoms with Crippen LogP contribution in [0.25, 0.3) is 0 Å². The number of rotatable bonds is 6. The minimum absolute atomic E-state index is 0.472. The van der Waals surface area contributed by atoms with Crippen LogP contribution in [0.15, 0.2) is 182 Å². The van der Waals surface area contributed by atoms with Crippen LogP contribution in [-0.4, -0.2) is 0 Å². The second-order valence-electron chi connectivity index (χ2n) is 12.4. The van der Waals surface area contributed by atoms with Gasteiger partial charge in [0.1, 0.15) is 0 Å². The van der Waals surface area contributed by atoms with E-state index in [2.05, 4.69) is 206 Å². The molecule has 0 bridgehead atoms. The van der Waals surface area contributed by atoms with E-state index >= 15 is 0 Å². The largest absolute Gasteiger partial charge is 0.311 e. The minimum atomic E-state index is -0.472. The van der Waals surface area contributed by atoms with E-state index in [1.807, 2.05) is 0 Å². The maximum Gasteiger partial charge on any atom is 0.0742 e. The average molecular weight is 605 g/mol. The molecule has 47 heavy (non-hydrogen) atoms. The van der Waals surface area contributed by atoms with Crippen molar-refractivity contribution in [3.63, 3.8) is 0 Å². The topological polar surface area (TPSA) is 6.48 Å². The molecule has 0 atom stereocenters. The van der Waals surface area contributed by atoms with Crippen LogP contribution < -0.4 is 9.80 Å². The van der Waals surface area contributed by atoms with Crippen molar-refractivity contribution in [2.75, 3.05) is 9.80 Å². The predicted octanol–water partition coefficient (Wildman–Crippen LogP) is 11.9. The summed E-state index contributed by atoms with van der Waals surface area (Å²) in [6.45, 7) is 4.26. The maximum absolute atomic E-state index is 2.43. The number of fused-ring (bicyclic) bond motifs is 2. The number of aryl methyl sites for hydroxylation is 2. The molecule has 0 radical (unpaired) electrons. The van der Waals surface area contributed by atoms with E-state index in [1.165, 1.54) is 44.8 Å². The lowest BCUT2D eigenvalue weighted by Crippen LogP contribution is -2.37. The molecule has 8 rings (SSSR count). The van der Waals surface area contributed by atoms with E-state index in [9.17, 15) is 0 Å². The van der Waals surface area contributed by atoms with Gasteiger partial charge in [-0.1, -0.05) is 132 Å². The van der Waals surface area contributed by atoms with Gasteiger partial charge in [0.15, 0.2) is 0 Å². The normalized spacial score (nSPS) is 13.0. The Kier molecular flexibility index (Phi) is 7.19. The molecule has 0 saturated heterocycles. The van der Waals surface area contributed by atoms with Gasteiger partial charge in [0.05, 0.1) is 16.8 Å². The van der Waals surface area contributed by atoms with Gasteiger partial charge in [0.2, 0.25) is 0 Å². The smallest absolute Gasteiger partial charge is 0.0742 e. The second-order valence-corrected chi connectivity index (χ2v) is 12.4. The second kappa shape index (κ2) is 11.8. The standard InChI is InChI=1S/C45H36N2/c1-33-21-25-37(26-22-33)46(38-27-23-34(2)24-28-38)39-29-31-40(32-30-39)47-43-19-11-9-17-41(43)45(35-13-5-3-6-14-35,36-15-7-4-8-16-36)42-18-10-12-20-44(42)47/h3-32H,1-2H3. The fourth-order valence-electron chi connectivity index (χ4n) is 7.28. The lowest BCUT2D eigenvalue weighted by Gasteiger charge is -2.46. The van der Waals surface area contributed by atoms with E-state index in [1.54, 1.807) is 0 Å². The summed E-state index contributed by atoms with van der Waals surface area (Å²) < 4.78 is 0. The zero-order valence-electron chi connectivity index (χ0n) is 26.7. The number of hydrogen-bond donors (Lipinski definition) is 0. The number of nitrogens with zero attached hydrogens (tertiary/aromatic N) is 2. The van der Waals surface area contributed by atoms with Crippen LogP contribution in [0.1, 0.15) is 33.4 Å². The van der Waals surface area contributed by atoms with Gasteiger partial charge in [0.25, 0.3) is 0 Å². The molecule has 226 valence electrons. The van der Waals surface area contributed by atoms with Crippen molar-refractivity contribution in [1.82, 2.24) is 0 Å². The van der Waals surface area contributed by atoms with Gasteiger partial charge in [-0.15, -0.1) is 0 Å². The Morgan fingerprint density at radius 2 is 0.745 bits per heavy atom. The molecular formula is C45H36N2. The first-order valence-electron chi connectivity index (χ1n) is 16.3. The summed E-state index contributed by atoms with van der Waals surface area (Å²) in [4.78, 5) is 4.76. The zero-order valence-corrected chi connectivity index (χ0v) is 26.7. The number of hydrogen-bond acceptors (Lipinski definition) is 2. The Balaban J connectivity index is 1.31. The molecular weight excluding hydrogens is 569 g/mol. The van der Waals surface area contributed by atoms with Gasteiger partial charge in [0, 0.05) is 22.7 Å². The van der Waals surface area contributed by atoms with Crippen molar-refractivity contribution in [3.8, 4) is 0 Å². The molecule has 1 aliphatic rings. The summed E-state index contributed by atoms with van der Waals surface area (Å²) in [5, 5.41) is 0.